The van der Waals surface area contributed by atoms with Crippen LogP contribution in [0.1, 0.15) is 36.1 Å². The fourth-order valence-electron chi connectivity index (χ4n) is 2.79. The number of sulfonamides is 1. The minimum Gasteiger partial charge on any atom is -0.270 e. The molecule has 128 valence electrons. The molecule has 0 aromatic carbocycles. The summed E-state index contributed by atoms with van der Waals surface area (Å²) in [6, 6.07) is 2.01. The summed E-state index contributed by atoms with van der Waals surface area (Å²) >= 11 is 0. The van der Waals surface area contributed by atoms with Gasteiger partial charge in [-0.3, -0.25) is 9.36 Å². The first kappa shape index (κ1) is 17.7. The highest BCUT2D eigenvalue weighted by Crippen LogP contribution is 2.19. The lowest BCUT2D eigenvalue weighted by Crippen LogP contribution is -2.26. The fraction of sp³-hybridized carbons (Fsp3) is 0.600. The molecule has 0 unspecified atom stereocenters. The van der Waals surface area contributed by atoms with Crippen molar-refractivity contribution >= 4 is 10.0 Å². The molecular weight excluding hydrogens is 314 g/mol. The predicted octanol–water partition coefficient (Wildman–Crippen LogP) is 1.70. The molecule has 0 aliphatic heterocycles. The first-order valence-corrected chi connectivity index (χ1v) is 9.29. The van der Waals surface area contributed by atoms with Crippen molar-refractivity contribution in [3.05, 3.63) is 28.8 Å². The third-order valence-corrected chi connectivity index (χ3v) is 5.54. The Hall–Kier alpha value is -1.67. The third-order valence-electron chi connectivity index (χ3n) is 3.83. The number of aryl methyl sites for hydroxylation is 5. The quantitative estimate of drug-likeness (QED) is 0.779. The van der Waals surface area contributed by atoms with Crippen molar-refractivity contribution in [3.63, 3.8) is 0 Å². The van der Waals surface area contributed by atoms with Crippen LogP contribution < -0.4 is 4.72 Å². The molecule has 0 saturated heterocycles. The van der Waals surface area contributed by atoms with Crippen molar-refractivity contribution in [2.75, 3.05) is 6.54 Å². The van der Waals surface area contributed by atoms with Crippen molar-refractivity contribution in [3.8, 4) is 0 Å². The van der Waals surface area contributed by atoms with Crippen LogP contribution in [0.25, 0.3) is 0 Å². The zero-order chi connectivity index (χ0) is 17.2. The average Bonchev–Trinajstić information content (AvgIpc) is 2.93. The van der Waals surface area contributed by atoms with Crippen LogP contribution in [0.3, 0.4) is 0 Å². The van der Waals surface area contributed by atoms with Gasteiger partial charge in [-0.25, -0.2) is 13.1 Å². The Morgan fingerprint density at radius 3 is 2.35 bits per heavy atom. The minimum atomic E-state index is -3.53. The molecule has 2 rings (SSSR count). The first-order valence-electron chi connectivity index (χ1n) is 7.81. The summed E-state index contributed by atoms with van der Waals surface area (Å²) in [5.41, 5.74) is 3.27. The number of hydrogen-bond acceptors (Lipinski definition) is 4. The molecule has 0 atom stereocenters. The summed E-state index contributed by atoms with van der Waals surface area (Å²) in [6.07, 6.45) is 0.682. The van der Waals surface area contributed by atoms with E-state index in [1.54, 1.807) is 18.5 Å². The normalized spacial score (nSPS) is 12.0. The molecule has 1 N–H and O–H groups in total. The standard InChI is InChI=1S/C15H25N5O2S/c1-6-19-14(5)15(13(4)18-19)23(21,22)16-8-7-9-20-12(3)10-11(2)17-20/h10,16H,6-9H2,1-5H3. The second-order valence-corrected chi connectivity index (χ2v) is 7.42. The molecule has 0 radical (unpaired) electrons. The highest BCUT2D eigenvalue weighted by atomic mass is 32.2. The number of nitrogens with zero attached hydrogens (tertiary/aromatic N) is 4. The van der Waals surface area contributed by atoms with Gasteiger partial charge in [0.2, 0.25) is 10.0 Å². The second-order valence-electron chi connectivity index (χ2n) is 5.72. The summed E-state index contributed by atoms with van der Waals surface area (Å²) in [6.45, 7) is 11.1. The lowest BCUT2D eigenvalue weighted by molar-refractivity contribution is 0.543. The van der Waals surface area contributed by atoms with Crippen LogP contribution >= 0.6 is 0 Å². The smallest absolute Gasteiger partial charge is 0.244 e. The Balaban J connectivity index is 2.00. The largest absolute Gasteiger partial charge is 0.270 e. The number of rotatable bonds is 7. The maximum absolute atomic E-state index is 12.5. The van der Waals surface area contributed by atoms with Crippen LogP contribution in [-0.4, -0.2) is 34.5 Å². The molecule has 8 heteroatoms. The molecule has 0 spiro atoms. The van der Waals surface area contributed by atoms with E-state index in [-0.39, 0.29) is 0 Å². The van der Waals surface area contributed by atoms with Crippen LogP contribution in [0, 0.1) is 27.7 Å². The van der Waals surface area contributed by atoms with Gasteiger partial charge < -0.3 is 0 Å². The maximum atomic E-state index is 12.5. The lowest BCUT2D eigenvalue weighted by Gasteiger charge is -2.08. The SMILES string of the molecule is CCn1nc(C)c(S(=O)(=O)NCCCn2nc(C)cc2C)c1C. The van der Waals surface area contributed by atoms with Crippen molar-refractivity contribution in [1.82, 2.24) is 24.3 Å². The predicted molar refractivity (Wildman–Crippen MR) is 88.9 cm³/mol. The van der Waals surface area contributed by atoms with Gasteiger partial charge >= 0.3 is 0 Å². The molecule has 0 saturated carbocycles. The number of hydrogen-bond donors (Lipinski definition) is 1. The van der Waals surface area contributed by atoms with Gasteiger partial charge in [0.1, 0.15) is 4.90 Å². The molecule has 2 heterocycles. The van der Waals surface area contributed by atoms with E-state index >= 15 is 0 Å². The van der Waals surface area contributed by atoms with E-state index in [1.807, 2.05) is 31.5 Å². The zero-order valence-corrected chi connectivity index (χ0v) is 15.2. The fourth-order valence-corrected chi connectivity index (χ4v) is 4.27. The zero-order valence-electron chi connectivity index (χ0n) is 14.4. The van der Waals surface area contributed by atoms with E-state index in [0.29, 0.717) is 42.3 Å². The Morgan fingerprint density at radius 1 is 1.13 bits per heavy atom. The number of aromatic nitrogens is 4. The molecule has 0 bridgehead atoms. The molecule has 0 aliphatic carbocycles. The van der Waals surface area contributed by atoms with E-state index < -0.39 is 10.0 Å². The molecule has 2 aromatic heterocycles. The van der Waals surface area contributed by atoms with Gasteiger partial charge in [0.15, 0.2) is 0 Å². The van der Waals surface area contributed by atoms with Crippen molar-refractivity contribution in [2.24, 2.45) is 0 Å². The van der Waals surface area contributed by atoms with E-state index in [9.17, 15) is 8.42 Å². The summed E-state index contributed by atoms with van der Waals surface area (Å²) in [5, 5.41) is 8.64. The molecular formula is C15H25N5O2S. The van der Waals surface area contributed by atoms with Crippen LogP contribution in [0.15, 0.2) is 11.0 Å². The minimum absolute atomic E-state index is 0.297. The van der Waals surface area contributed by atoms with Crippen molar-refractivity contribution < 1.29 is 8.42 Å². The Kier molecular flexibility index (Phi) is 5.26. The lowest BCUT2D eigenvalue weighted by atomic mass is 10.4. The molecule has 23 heavy (non-hydrogen) atoms. The molecule has 0 fully saturated rings. The van der Waals surface area contributed by atoms with E-state index in [4.69, 9.17) is 0 Å². The Bertz CT molecular complexity index is 789. The summed E-state index contributed by atoms with van der Waals surface area (Å²) in [4.78, 5) is 0.297. The highest BCUT2D eigenvalue weighted by Gasteiger charge is 2.23. The topological polar surface area (TPSA) is 81.8 Å². The van der Waals surface area contributed by atoms with Crippen LogP contribution in [0.2, 0.25) is 0 Å². The Morgan fingerprint density at radius 2 is 1.83 bits per heavy atom. The molecule has 0 amide bonds. The van der Waals surface area contributed by atoms with Crippen LogP contribution in [0.5, 0.6) is 0 Å². The van der Waals surface area contributed by atoms with E-state index in [0.717, 1.165) is 11.4 Å². The maximum Gasteiger partial charge on any atom is 0.244 e. The van der Waals surface area contributed by atoms with Crippen molar-refractivity contribution in [1.29, 1.82) is 0 Å². The van der Waals surface area contributed by atoms with Gasteiger partial charge in [-0.15, -0.1) is 0 Å². The Labute approximate surface area is 137 Å². The van der Waals surface area contributed by atoms with Gasteiger partial charge in [-0.05, 0) is 47.1 Å². The van der Waals surface area contributed by atoms with Gasteiger partial charge in [0.25, 0.3) is 0 Å². The summed E-state index contributed by atoms with van der Waals surface area (Å²) in [7, 11) is -3.53. The molecule has 7 nitrogen and oxygen atoms in total. The van der Waals surface area contributed by atoms with Crippen LogP contribution in [0.4, 0.5) is 0 Å². The first-order chi connectivity index (χ1) is 10.8. The van der Waals surface area contributed by atoms with Gasteiger partial charge in [0, 0.05) is 25.3 Å². The average molecular weight is 339 g/mol. The number of nitrogens with one attached hydrogen (secondary N) is 1. The monoisotopic (exact) mass is 339 g/mol. The summed E-state index contributed by atoms with van der Waals surface area (Å²) in [5.74, 6) is 0. The van der Waals surface area contributed by atoms with E-state index in [1.165, 1.54) is 0 Å². The molecule has 2 aromatic rings. The second kappa shape index (κ2) is 6.84. The summed E-state index contributed by atoms with van der Waals surface area (Å²) < 4.78 is 31.3. The van der Waals surface area contributed by atoms with Gasteiger partial charge in [0.05, 0.1) is 17.1 Å². The molecule has 0 aliphatic rings. The van der Waals surface area contributed by atoms with Gasteiger partial charge in [-0.1, -0.05) is 0 Å². The third kappa shape index (κ3) is 3.81. The van der Waals surface area contributed by atoms with Crippen LogP contribution in [-0.2, 0) is 23.1 Å². The van der Waals surface area contributed by atoms with Gasteiger partial charge in [-0.2, -0.15) is 10.2 Å². The van der Waals surface area contributed by atoms with Crippen molar-refractivity contribution in [2.45, 2.75) is 59.0 Å². The highest BCUT2D eigenvalue weighted by molar-refractivity contribution is 7.89. The van der Waals surface area contributed by atoms with E-state index in [2.05, 4.69) is 14.9 Å².